The minimum atomic E-state index is -0.575. The second-order valence-electron chi connectivity index (χ2n) is 8.10. The summed E-state index contributed by atoms with van der Waals surface area (Å²) < 4.78 is 6.82. The number of nitro groups is 1. The summed E-state index contributed by atoms with van der Waals surface area (Å²) in [4.78, 5) is 41.8. The number of hydrogen-bond donors (Lipinski definition) is 1. The number of rotatable bonds is 8. The molecule has 1 N–H and O–H groups in total. The fourth-order valence-corrected chi connectivity index (χ4v) is 4.67. The van der Waals surface area contributed by atoms with Crippen LogP contribution in [0.1, 0.15) is 18.1 Å². The van der Waals surface area contributed by atoms with Gasteiger partial charge >= 0.3 is 0 Å². The number of nitrogens with one attached hydrogen (secondary N) is 1. The van der Waals surface area contributed by atoms with Crippen LogP contribution in [0.25, 0.3) is 16.6 Å². The van der Waals surface area contributed by atoms with Crippen molar-refractivity contribution in [3.8, 4) is 11.4 Å². The highest BCUT2D eigenvalue weighted by Crippen LogP contribution is 2.30. The number of nitro benzene ring substituents is 1. The zero-order valence-electron chi connectivity index (χ0n) is 20.0. The van der Waals surface area contributed by atoms with Gasteiger partial charge in [0.1, 0.15) is 11.4 Å². The van der Waals surface area contributed by atoms with Gasteiger partial charge < -0.3 is 10.1 Å². The fourth-order valence-electron chi connectivity index (χ4n) is 3.86. The summed E-state index contributed by atoms with van der Waals surface area (Å²) in [6.07, 6.45) is 0. The third-order valence-corrected chi connectivity index (χ3v) is 6.23. The number of fused-ring (bicyclic) bond motifs is 1. The number of aryl methyl sites for hydroxylation is 2. The van der Waals surface area contributed by atoms with Crippen LogP contribution in [0.2, 0.25) is 0 Å². The Balaban J connectivity index is 1.65. The number of para-hydroxylation sites is 1. The smallest absolute Gasteiger partial charge is 0.296 e. The SMILES string of the molecule is CCOc1ccc(NC(=O)CSc2nc3ccccc3c(=O)n2-c2cc(C)cc(C)c2)c([N+](=O)[O-])c1. The van der Waals surface area contributed by atoms with Gasteiger partial charge in [0.15, 0.2) is 5.16 Å². The molecule has 0 saturated heterocycles. The number of benzene rings is 3. The molecular formula is C26H24N4O5S. The van der Waals surface area contributed by atoms with Gasteiger partial charge in [0.25, 0.3) is 11.2 Å². The highest BCUT2D eigenvalue weighted by Gasteiger charge is 2.19. The van der Waals surface area contributed by atoms with Crippen LogP contribution >= 0.6 is 11.8 Å². The summed E-state index contributed by atoms with van der Waals surface area (Å²) in [6.45, 7) is 6.03. The summed E-state index contributed by atoms with van der Waals surface area (Å²) in [5.41, 5.74) is 2.70. The van der Waals surface area contributed by atoms with Crippen LogP contribution in [0.3, 0.4) is 0 Å². The van der Waals surface area contributed by atoms with Gasteiger partial charge in [-0.1, -0.05) is 30.0 Å². The molecule has 0 fully saturated rings. The van der Waals surface area contributed by atoms with Gasteiger partial charge in [-0.15, -0.1) is 0 Å². The summed E-state index contributed by atoms with van der Waals surface area (Å²) >= 11 is 1.08. The van der Waals surface area contributed by atoms with E-state index in [-0.39, 0.29) is 22.7 Å². The Hall–Kier alpha value is -4.18. The van der Waals surface area contributed by atoms with E-state index in [9.17, 15) is 19.7 Å². The van der Waals surface area contributed by atoms with Crippen LogP contribution in [0, 0.1) is 24.0 Å². The molecule has 10 heteroatoms. The quantitative estimate of drug-likeness (QED) is 0.155. The largest absolute Gasteiger partial charge is 0.494 e. The van der Waals surface area contributed by atoms with E-state index >= 15 is 0 Å². The predicted molar refractivity (Wildman–Crippen MR) is 140 cm³/mol. The maximum Gasteiger partial charge on any atom is 0.296 e. The van der Waals surface area contributed by atoms with Crippen LogP contribution in [0.15, 0.2) is 70.6 Å². The van der Waals surface area contributed by atoms with Crippen LogP contribution in [0.5, 0.6) is 5.75 Å². The minimum Gasteiger partial charge on any atom is -0.494 e. The molecule has 1 amide bonds. The van der Waals surface area contributed by atoms with Crippen molar-refractivity contribution in [2.24, 2.45) is 0 Å². The number of carbonyl (C=O) groups is 1. The summed E-state index contributed by atoms with van der Waals surface area (Å²) in [6, 6.07) is 17.1. The van der Waals surface area contributed by atoms with Gasteiger partial charge in [-0.05, 0) is 68.3 Å². The molecule has 0 radical (unpaired) electrons. The average molecular weight is 505 g/mol. The van der Waals surface area contributed by atoms with Crippen molar-refractivity contribution in [1.82, 2.24) is 9.55 Å². The first-order chi connectivity index (χ1) is 17.3. The molecule has 4 aromatic rings. The van der Waals surface area contributed by atoms with Crippen molar-refractivity contribution in [3.63, 3.8) is 0 Å². The monoisotopic (exact) mass is 504 g/mol. The van der Waals surface area contributed by atoms with Crippen LogP contribution < -0.4 is 15.6 Å². The van der Waals surface area contributed by atoms with Crippen LogP contribution in [-0.4, -0.2) is 32.7 Å². The molecular weight excluding hydrogens is 480 g/mol. The molecule has 0 aliphatic carbocycles. The van der Waals surface area contributed by atoms with Gasteiger partial charge in [0, 0.05) is 0 Å². The first kappa shape index (κ1) is 24.9. The Morgan fingerprint density at radius 2 is 1.83 bits per heavy atom. The lowest BCUT2D eigenvalue weighted by Gasteiger charge is -2.14. The highest BCUT2D eigenvalue weighted by atomic mass is 32.2. The van der Waals surface area contributed by atoms with Crippen molar-refractivity contribution >= 4 is 39.9 Å². The number of ether oxygens (including phenoxy) is 1. The third-order valence-electron chi connectivity index (χ3n) is 5.29. The van der Waals surface area contributed by atoms with Gasteiger partial charge in [-0.25, -0.2) is 4.98 Å². The van der Waals surface area contributed by atoms with E-state index in [4.69, 9.17) is 4.74 Å². The van der Waals surface area contributed by atoms with Gasteiger partial charge in [0.2, 0.25) is 5.91 Å². The Morgan fingerprint density at radius 1 is 1.11 bits per heavy atom. The molecule has 0 saturated carbocycles. The molecule has 0 atom stereocenters. The number of amides is 1. The number of aromatic nitrogens is 2. The van der Waals surface area contributed by atoms with E-state index in [1.807, 2.05) is 32.0 Å². The maximum atomic E-state index is 13.4. The first-order valence-electron chi connectivity index (χ1n) is 11.2. The Kier molecular flexibility index (Phi) is 7.35. The van der Waals surface area contributed by atoms with Crippen molar-refractivity contribution < 1.29 is 14.5 Å². The number of nitrogens with zero attached hydrogens (tertiary/aromatic N) is 3. The molecule has 1 aromatic heterocycles. The normalized spacial score (nSPS) is 10.9. The lowest BCUT2D eigenvalue weighted by atomic mass is 10.1. The number of thioether (sulfide) groups is 1. The lowest BCUT2D eigenvalue weighted by Crippen LogP contribution is -2.23. The number of carbonyl (C=O) groups excluding carboxylic acids is 1. The molecule has 36 heavy (non-hydrogen) atoms. The molecule has 9 nitrogen and oxygen atoms in total. The standard InChI is InChI=1S/C26H24N4O5S/c1-4-35-19-9-10-22(23(14-19)30(33)34)27-24(31)15-36-26-28-21-8-6-5-7-20(21)25(32)29(26)18-12-16(2)11-17(3)13-18/h5-14H,4,15H2,1-3H3,(H,27,31). The predicted octanol–water partition coefficient (Wildman–Crippen LogP) is 5.04. The molecule has 184 valence electrons. The number of hydrogen-bond acceptors (Lipinski definition) is 7. The Bertz CT molecular complexity index is 1510. The van der Waals surface area contributed by atoms with Crippen molar-refractivity contribution in [3.05, 3.63) is 92.3 Å². The van der Waals surface area contributed by atoms with Gasteiger partial charge in [-0.2, -0.15) is 0 Å². The molecule has 0 aliphatic rings. The minimum absolute atomic E-state index is 0.0622. The van der Waals surface area contributed by atoms with E-state index in [2.05, 4.69) is 10.3 Å². The molecule has 0 aliphatic heterocycles. The lowest BCUT2D eigenvalue weighted by molar-refractivity contribution is -0.384. The summed E-state index contributed by atoms with van der Waals surface area (Å²) in [5, 5.41) is 14.9. The van der Waals surface area contributed by atoms with Crippen molar-refractivity contribution in [2.45, 2.75) is 25.9 Å². The van der Waals surface area contributed by atoms with Crippen molar-refractivity contribution in [2.75, 3.05) is 17.7 Å². The van der Waals surface area contributed by atoms with E-state index in [0.717, 1.165) is 22.9 Å². The number of anilines is 1. The second-order valence-corrected chi connectivity index (χ2v) is 9.05. The Labute approximate surface area is 211 Å². The molecule has 0 bridgehead atoms. The van der Waals surface area contributed by atoms with Crippen LogP contribution in [-0.2, 0) is 4.79 Å². The summed E-state index contributed by atoms with van der Waals surface area (Å²) in [7, 11) is 0. The topological polar surface area (TPSA) is 116 Å². The second kappa shape index (κ2) is 10.6. The van der Waals surface area contributed by atoms with Gasteiger partial charge in [0.05, 0.1) is 39.9 Å². The Morgan fingerprint density at radius 3 is 2.53 bits per heavy atom. The molecule has 0 spiro atoms. The zero-order chi connectivity index (χ0) is 25.8. The van der Waals surface area contributed by atoms with Crippen LogP contribution in [0.4, 0.5) is 11.4 Å². The molecule has 1 heterocycles. The molecule has 0 unspecified atom stereocenters. The van der Waals surface area contributed by atoms with E-state index < -0.39 is 10.8 Å². The van der Waals surface area contributed by atoms with Crippen molar-refractivity contribution in [1.29, 1.82) is 0 Å². The van der Waals surface area contributed by atoms with E-state index in [1.165, 1.54) is 16.7 Å². The maximum absolute atomic E-state index is 13.4. The average Bonchev–Trinajstić information content (AvgIpc) is 2.83. The van der Waals surface area contributed by atoms with E-state index in [0.29, 0.717) is 34.1 Å². The highest BCUT2D eigenvalue weighted by molar-refractivity contribution is 7.99. The molecule has 3 aromatic carbocycles. The van der Waals surface area contributed by atoms with Gasteiger partial charge in [-0.3, -0.25) is 24.3 Å². The molecule has 4 rings (SSSR count). The van der Waals surface area contributed by atoms with E-state index in [1.54, 1.807) is 37.3 Å². The fraction of sp³-hybridized carbons (Fsp3) is 0.192. The summed E-state index contributed by atoms with van der Waals surface area (Å²) in [5.74, 6) is -0.240. The third kappa shape index (κ3) is 5.38. The first-order valence-corrected chi connectivity index (χ1v) is 12.2. The zero-order valence-corrected chi connectivity index (χ0v) is 20.8.